The molecule has 6 heteroatoms. The highest BCUT2D eigenvalue weighted by Crippen LogP contribution is 2.50. The van der Waals surface area contributed by atoms with Crippen LogP contribution in [0.1, 0.15) is 56.3 Å². The second-order valence-electron chi connectivity index (χ2n) is 8.16. The first-order chi connectivity index (χ1) is 12.9. The highest BCUT2D eigenvalue weighted by Gasteiger charge is 2.52. The first-order valence-corrected chi connectivity index (χ1v) is 9.56. The van der Waals surface area contributed by atoms with Gasteiger partial charge in [0.2, 0.25) is 5.91 Å². The van der Waals surface area contributed by atoms with Gasteiger partial charge in [0, 0.05) is 29.6 Å². The van der Waals surface area contributed by atoms with E-state index in [-0.39, 0.29) is 23.4 Å². The molecule has 1 saturated carbocycles. The predicted octanol–water partition coefficient (Wildman–Crippen LogP) is 3.55. The van der Waals surface area contributed by atoms with Crippen molar-refractivity contribution < 1.29 is 14.0 Å². The van der Waals surface area contributed by atoms with Crippen LogP contribution >= 0.6 is 0 Å². The zero-order valence-electron chi connectivity index (χ0n) is 15.7. The molecule has 27 heavy (non-hydrogen) atoms. The van der Waals surface area contributed by atoms with Gasteiger partial charge in [-0.2, -0.15) is 0 Å². The smallest absolute Gasteiger partial charge is 0.258 e. The number of rotatable bonds is 3. The number of allylic oxidation sites excluding steroid dienone is 3. The molecule has 0 spiro atoms. The van der Waals surface area contributed by atoms with Crippen LogP contribution in [0.3, 0.4) is 0 Å². The molecule has 1 N–H and O–H groups in total. The van der Waals surface area contributed by atoms with E-state index in [1.54, 1.807) is 0 Å². The Morgan fingerprint density at radius 3 is 2.78 bits per heavy atom. The van der Waals surface area contributed by atoms with Crippen molar-refractivity contribution in [2.24, 2.45) is 11.3 Å². The average molecular weight is 369 g/mol. The summed E-state index contributed by atoms with van der Waals surface area (Å²) >= 11 is 0. The molecule has 142 valence electrons. The SMILES string of the molecule is CC1(C)C(=O)N(C2CCCC2)C2=CC(NC(=O)c3ccncc3F)=CCC21. The van der Waals surface area contributed by atoms with Crippen LogP contribution in [0.15, 0.2) is 42.0 Å². The second kappa shape index (κ2) is 6.59. The van der Waals surface area contributed by atoms with Gasteiger partial charge in [-0.05, 0) is 31.4 Å². The monoisotopic (exact) mass is 369 g/mol. The van der Waals surface area contributed by atoms with Crippen LogP contribution in [0.4, 0.5) is 4.39 Å². The van der Waals surface area contributed by atoms with Gasteiger partial charge in [0.1, 0.15) is 0 Å². The molecule has 2 fully saturated rings. The molecule has 2 aliphatic carbocycles. The molecule has 0 aromatic carbocycles. The summed E-state index contributed by atoms with van der Waals surface area (Å²) in [5.74, 6) is -0.870. The Kier molecular flexibility index (Phi) is 4.36. The number of halogens is 1. The minimum Gasteiger partial charge on any atom is -0.322 e. The molecule has 2 heterocycles. The fraction of sp³-hybridized carbons (Fsp3) is 0.476. The lowest BCUT2D eigenvalue weighted by Gasteiger charge is -2.28. The van der Waals surface area contributed by atoms with Crippen LogP contribution in [0, 0.1) is 17.2 Å². The number of nitrogens with one attached hydrogen (secondary N) is 1. The Morgan fingerprint density at radius 2 is 2.07 bits per heavy atom. The molecule has 1 atom stereocenters. The van der Waals surface area contributed by atoms with Gasteiger partial charge >= 0.3 is 0 Å². The van der Waals surface area contributed by atoms with Crippen molar-refractivity contribution >= 4 is 11.8 Å². The minimum absolute atomic E-state index is 0.0399. The molecular formula is C21H24FN3O2. The Hall–Kier alpha value is -2.50. The first-order valence-electron chi connectivity index (χ1n) is 9.56. The van der Waals surface area contributed by atoms with Crippen molar-refractivity contribution in [1.82, 2.24) is 15.2 Å². The lowest BCUT2D eigenvalue weighted by molar-refractivity contribution is -0.136. The van der Waals surface area contributed by atoms with Gasteiger partial charge in [-0.1, -0.05) is 32.8 Å². The minimum atomic E-state index is -0.651. The van der Waals surface area contributed by atoms with Crippen LogP contribution in [0.5, 0.6) is 0 Å². The molecule has 3 aliphatic rings. The molecule has 0 radical (unpaired) electrons. The van der Waals surface area contributed by atoms with E-state index < -0.39 is 17.1 Å². The summed E-state index contributed by atoms with van der Waals surface area (Å²) in [6, 6.07) is 1.61. The Bertz CT molecular complexity index is 853. The van der Waals surface area contributed by atoms with Crippen LogP contribution in [0.25, 0.3) is 0 Å². The van der Waals surface area contributed by atoms with Gasteiger partial charge in [0.15, 0.2) is 5.82 Å². The quantitative estimate of drug-likeness (QED) is 0.886. The molecule has 1 aliphatic heterocycles. The number of fused-ring (bicyclic) bond motifs is 1. The fourth-order valence-corrected chi connectivity index (χ4v) is 4.55. The van der Waals surface area contributed by atoms with Crippen molar-refractivity contribution in [2.45, 2.75) is 52.0 Å². The number of likely N-dealkylation sites (tertiary alicyclic amines) is 1. The molecule has 0 bridgehead atoms. The lowest BCUT2D eigenvalue weighted by Crippen LogP contribution is -2.37. The van der Waals surface area contributed by atoms with Crippen molar-refractivity contribution in [2.75, 3.05) is 0 Å². The highest BCUT2D eigenvalue weighted by molar-refractivity contribution is 5.96. The Morgan fingerprint density at radius 1 is 1.33 bits per heavy atom. The molecule has 1 aromatic heterocycles. The third-order valence-electron chi connectivity index (χ3n) is 6.12. The Balaban J connectivity index is 1.61. The maximum atomic E-state index is 13.8. The van der Waals surface area contributed by atoms with E-state index >= 15 is 0 Å². The second-order valence-corrected chi connectivity index (χ2v) is 8.16. The van der Waals surface area contributed by atoms with Crippen molar-refractivity contribution in [1.29, 1.82) is 0 Å². The van der Waals surface area contributed by atoms with E-state index in [9.17, 15) is 14.0 Å². The maximum absolute atomic E-state index is 13.8. The van der Waals surface area contributed by atoms with Crippen LogP contribution in [-0.2, 0) is 4.79 Å². The predicted molar refractivity (Wildman–Crippen MR) is 98.8 cm³/mol. The first kappa shape index (κ1) is 17.9. The zero-order valence-corrected chi connectivity index (χ0v) is 15.7. The van der Waals surface area contributed by atoms with E-state index in [0.717, 1.165) is 37.6 Å². The molecule has 1 saturated heterocycles. The third-order valence-corrected chi connectivity index (χ3v) is 6.12. The number of carbonyl (C=O) groups is 2. The van der Waals surface area contributed by atoms with Crippen molar-refractivity contribution in [3.05, 3.63) is 53.4 Å². The van der Waals surface area contributed by atoms with Gasteiger partial charge in [0.05, 0.1) is 17.2 Å². The molecule has 1 unspecified atom stereocenters. The number of carbonyl (C=O) groups excluding carboxylic acids is 2. The summed E-state index contributed by atoms with van der Waals surface area (Å²) in [6.07, 6.45) is 11.3. The standard InChI is InChI=1S/C21H24FN3O2/c1-21(2)16-8-7-13(24-19(26)15-9-10-23-12-17(15)22)11-18(16)25(20(21)27)14-5-3-4-6-14/h7,9-12,14,16H,3-6,8H2,1-2H3,(H,24,26). The number of aromatic nitrogens is 1. The highest BCUT2D eigenvalue weighted by atomic mass is 19.1. The van der Waals surface area contributed by atoms with E-state index in [1.165, 1.54) is 12.3 Å². The van der Waals surface area contributed by atoms with Gasteiger partial charge in [-0.15, -0.1) is 0 Å². The van der Waals surface area contributed by atoms with E-state index in [1.807, 2.05) is 30.9 Å². The third kappa shape index (κ3) is 2.97. The molecular weight excluding hydrogens is 345 g/mol. The summed E-state index contributed by atoms with van der Waals surface area (Å²) in [6.45, 7) is 4.01. The van der Waals surface area contributed by atoms with Crippen LogP contribution in [0.2, 0.25) is 0 Å². The number of amides is 2. The number of hydrogen-bond donors (Lipinski definition) is 1. The Labute approximate surface area is 158 Å². The number of pyridine rings is 1. The van der Waals surface area contributed by atoms with Crippen LogP contribution < -0.4 is 5.32 Å². The molecule has 5 nitrogen and oxygen atoms in total. The van der Waals surface area contributed by atoms with E-state index in [0.29, 0.717) is 12.1 Å². The van der Waals surface area contributed by atoms with Gasteiger partial charge < -0.3 is 10.2 Å². The molecule has 4 rings (SSSR count). The molecule has 2 amide bonds. The number of nitrogens with zero attached hydrogens (tertiary/aromatic N) is 2. The zero-order chi connectivity index (χ0) is 19.2. The topological polar surface area (TPSA) is 62.3 Å². The number of hydrogen-bond acceptors (Lipinski definition) is 3. The van der Waals surface area contributed by atoms with Gasteiger partial charge in [-0.3, -0.25) is 14.6 Å². The summed E-state index contributed by atoms with van der Waals surface area (Å²) in [7, 11) is 0. The van der Waals surface area contributed by atoms with Crippen LogP contribution in [-0.4, -0.2) is 27.7 Å². The fourth-order valence-electron chi connectivity index (χ4n) is 4.55. The summed E-state index contributed by atoms with van der Waals surface area (Å²) < 4.78 is 13.8. The lowest BCUT2D eigenvalue weighted by atomic mass is 9.76. The summed E-state index contributed by atoms with van der Waals surface area (Å²) in [5.41, 5.74) is 1.13. The van der Waals surface area contributed by atoms with Gasteiger partial charge in [0.25, 0.3) is 5.91 Å². The largest absolute Gasteiger partial charge is 0.322 e. The summed E-state index contributed by atoms with van der Waals surface area (Å²) in [5, 5.41) is 2.78. The van der Waals surface area contributed by atoms with Crippen molar-refractivity contribution in [3.63, 3.8) is 0 Å². The normalized spacial score (nSPS) is 24.5. The van der Waals surface area contributed by atoms with Crippen molar-refractivity contribution in [3.8, 4) is 0 Å². The van der Waals surface area contributed by atoms with E-state index in [2.05, 4.69) is 10.3 Å². The summed E-state index contributed by atoms with van der Waals surface area (Å²) in [4.78, 5) is 31.2. The van der Waals surface area contributed by atoms with Gasteiger partial charge in [-0.25, -0.2) is 4.39 Å². The average Bonchev–Trinajstić information content (AvgIpc) is 3.22. The van der Waals surface area contributed by atoms with E-state index in [4.69, 9.17) is 0 Å². The molecule has 1 aromatic rings. The maximum Gasteiger partial charge on any atom is 0.258 e.